The van der Waals surface area contributed by atoms with E-state index in [0.717, 1.165) is 13.0 Å². The van der Waals surface area contributed by atoms with Crippen molar-refractivity contribution in [1.29, 1.82) is 0 Å². The quantitative estimate of drug-likeness (QED) is 0.791. The van der Waals surface area contributed by atoms with Crippen molar-refractivity contribution in [3.8, 4) is 0 Å². The molecular weight excluding hydrogens is 322 g/mol. The molecule has 1 aliphatic rings. The summed E-state index contributed by atoms with van der Waals surface area (Å²) in [6, 6.07) is 4.81. The van der Waals surface area contributed by atoms with Crippen LogP contribution in [0.5, 0.6) is 0 Å². The van der Waals surface area contributed by atoms with E-state index in [4.69, 9.17) is 4.74 Å². The van der Waals surface area contributed by atoms with Crippen LogP contribution in [0.15, 0.2) is 15.9 Å². The van der Waals surface area contributed by atoms with Crippen molar-refractivity contribution in [1.82, 2.24) is 5.32 Å². The number of nitrogens with one attached hydrogen (secondary N) is 1. The lowest BCUT2D eigenvalue weighted by Crippen LogP contribution is -2.51. The Labute approximate surface area is 129 Å². The number of rotatable bonds is 7. The number of methoxy groups -OCH3 is 1. The van der Waals surface area contributed by atoms with Gasteiger partial charge in [-0.25, -0.2) is 0 Å². The predicted octanol–water partition coefficient (Wildman–Crippen LogP) is 4.38. The molecular formula is C15H24BrNOS. The van der Waals surface area contributed by atoms with Gasteiger partial charge >= 0.3 is 0 Å². The van der Waals surface area contributed by atoms with E-state index < -0.39 is 0 Å². The lowest BCUT2D eigenvalue weighted by atomic mass is 9.89. The third kappa shape index (κ3) is 3.81. The van der Waals surface area contributed by atoms with Crippen LogP contribution in [0, 0.1) is 0 Å². The maximum Gasteiger partial charge on any atom is 0.0834 e. The molecule has 2 rings (SSSR count). The SMILES string of the molecule is CCCNC(Cc1ccc(Br)s1)C1(OC)CCCC1. The second-order valence-corrected chi connectivity index (χ2v) is 7.94. The summed E-state index contributed by atoms with van der Waals surface area (Å²) in [5.41, 5.74) is 0.0473. The second kappa shape index (κ2) is 7.21. The summed E-state index contributed by atoms with van der Waals surface area (Å²) in [5.74, 6) is 0. The van der Waals surface area contributed by atoms with Gasteiger partial charge in [-0.1, -0.05) is 19.8 Å². The number of hydrogen-bond acceptors (Lipinski definition) is 3. The average Bonchev–Trinajstić information content (AvgIpc) is 3.04. The Morgan fingerprint density at radius 2 is 2.16 bits per heavy atom. The normalized spacial score (nSPS) is 19.7. The van der Waals surface area contributed by atoms with Gasteiger partial charge in [-0.15, -0.1) is 11.3 Å². The molecule has 0 amide bonds. The molecule has 1 N–H and O–H groups in total. The first-order valence-corrected chi connectivity index (χ1v) is 8.84. The summed E-state index contributed by atoms with van der Waals surface area (Å²) in [6.45, 7) is 3.29. The van der Waals surface area contributed by atoms with Crippen molar-refractivity contribution in [2.45, 2.75) is 57.1 Å². The van der Waals surface area contributed by atoms with E-state index in [9.17, 15) is 0 Å². The van der Waals surface area contributed by atoms with Crippen LogP contribution < -0.4 is 5.32 Å². The van der Waals surface area contributed by atoms with Crippen LogP contribution in [0.4, 0.5) is 0 Å². The van der Waals surface area contributed by atoms with Crippen LogP contribution in [-0.2, 0) is 11.2 Å². The van der Waals surface area contributed by atoms with E-state index >= 15 is 0 Å². The van der Waals surface area contributed by atoms with Gasteiger partial charge < -0.3 is 10.1 Å². The van der Waals surface area contributed by atoms with E-state index in [2.05, 4.69) is 40.3 Å². The molecule has 0 spiro atoms. The van der Waals surface area contributed by atoms with Crippen molar-refractivity contribution in [3.63, 3.8) is 0 Å². The summed E-state index contributed by atoms with van der Waals surface area (Å²) < 4.78 is 7.18. The molecule has 1 fully saturated rings. The Bertz CT molecular complexity index is 387. The first-order chi connectivity index (χ1) is 9.20. The van der Waals surface area contributed by atoms with Gasteiger partial charge in [0.1, 0.15) is 0 Å². The van der Waals surface area contributed by atoms with Gasteiger partial charge in [-0.2, -0.15) is 0 Å². The van der Waals surface area contributed by atoms with Crippen LogP contribution >= 0.6 is 27.3 Å². The van der Waals surface area contributed by atoms with E-state index in [0.29, 0.717) is 6.04 Å². The molecule has 0 bridgehead atoms. The van der Waals surface area contributed by atoms with Crippen molar-refractivity contribution >= 4 is 27.3 Å². The minimum atomic E-state index is 0.0473. The minimum Gasteiger partial charge on any atom is -0.377 e. The van der Waals surface area contributed by atoms with Crippen LogP contribution in [0.1, 0.15) is 43.9 Å². The van der Waals surface area contributed by atoms with Crippen molar-refractivity contribution in [2.75, 3.05) is 13.7 Å². The molecule has 2 nitrogen and oxygen atoms in total. The molecule has 1 unspecified atom stereocenters. The first kappa shape index (κ1) is 15.5. The highest BCUT2D eigenvalue weighted by atomic mass is 79.9. The van der Waals surface area contributed by atoms with Crippen LogP contribution in [0.25, 0.3) is 0 Å². The predicted molar refractivity (Wildman–Crippen MR) is 86.0 cm³/mol. The first-order valence-electron chi connectivity index (χ1n) is 7.23. The Morgan fingerprint density at radius 1 is 1.42 bits per heavy atom. The van der Waals surface area contributed by atoms with E-state index in [-0.39, 0.29) is 5.60 Å². The highest BCUT2D eigenvalue weighted by Gasteiger charge is 2.41. The standard InChI is InChI=1S/C15H24BrNOS/c1-3-10-17-13(11-12-6-7-14(16)19-12)15(18-2)8-4-5-9-15/h6-7,13,17H,3-5,8-11H2,1-2H3. The van der Waals surface area contributed by atoms with Crippen LogP contribution in [-0.4, -0.2) is 25.3 Å². The van der Waals surface area contributed by atoms with Crippen molar-refractivity contribution < 1.29 is 4.74 Å². The highest BCUT2D eigenvalue weighted by Crippen LogP contribution is 2.37. The van der Waals surface area contributed by atoms with Gasteiger partial charge in [0.25, 0.3) is 0 Å². The Morgan fingerprint density at radius 3 is 2.68 bits per heavy atom. The number of hydrogen-bond donors (Lipinski definition) is 1. The molecule has 1 atom stereocenters. The number of ether oxygens (including phenoxy) is 1. The molecule has 1 saturated carbocycles. The summed E-state index contributed by atoms with van der Waals surface area (Å²) >= 11 is 5.39. The lowest BCUT2D eigenvalue weighted by molar-refractivity contribution is -0.0352. The summed E-state index contributed by atoms with van der Waals surface area (Å²) in [5, 5.41) is 3.73. The smallest absolute Gasteiger partial charge is 0.0834 e. The van der Waals surface area contributed by atoms with Crippen molar-refractivity contribution in [2.24, 2.45) is 0 Å². The van der Waals surface area contributed by atoms with Gasteiger partial charge in [0.2, 0.25) is 0 Å². The zero-order valence-electron chi connectivity index (χ0n) is 11.9. The molecule has 0 saturated heterocycles. The fraction of sp³-hybridized carbons (Fsp3) is 0.733. The molecule has 1 aromatic rings. The zero-order valence-corrected chi connectivity index (χ0v) is 14.3. The molecule has 0 radical (unpaired) electrons. The third-order valence-electron chi connectivity index (χ3n) is 4.17. The summed E-state index contributed by atoms with van der Waals surface area (Å²) in [7, 11) is 1.89. The molecule has 4 heteroatoms. The van der Waals surface area contributed by atoms with Crippen LogP contribution in [0.2, 0.25) is 0 Å². The topological polar surface area (TPSA) is 21.3 Å². The Hall–Kier alpha value is 0.1000. The summed E-state index contributed by atoms with van der Waals surface area (Å²) in [6.07, 6.45) is 7.22. The highest BCUT2D eigenvalue weighted by molar-refractivity contribution is 9.11. The Balaban J connectivity index is 2.10. The molecule has 1 aliphatic carbocycles. The molecule has 1 aromatic heterocycles. The number of halogens is 1. The van der Waals surface area contributed by atoms with E-state index in [1.165, 1.54) is 40.8 Å². The largest absolute Gasteiger partial charge is 0.377 e. The Kier molecular flexibility index (Phi) is 5.87. The van der Waals surface area contributed by atoms with Gasteiger partial charge in [0, 0.05) is 18.0 Å². The van der Waals surface area contributed by atoms with Gasteiger partial charge in [-0.3, -0.25) is 0 Å². The molecule has 1 heterocycles. The maximum absolute atomic E-state index is 5.97. The third-order valence-corrected chi connectivity index (χ3v) is 5.81. The van der Waals surface area contributed by atoms with Crippen molar-refractivity contribution in [3.05, 3.63) is 20.8 Å². The monoisotopic (exact) mass is 345 g/mol. The fourth-order valence-electron chi connectivity index (χ4n) is 3.09. The zero-order chi connectivity index (χ0) is 13.7. The maximum atomic E-state index is 5.97. The van der Waals surface area contributed by atoms with Crippen LogP contribution in [0.3, 0.4) is 0 Å². The van der Waals surface area contributed by atoms with Gasteiger partial charge in [0.15, 0.2) is 0 Å². The van der Waals surface area contributed by atoms with Gasteiger partial charge in [0.05, 0.1) is 9.39 Å². The van der Waals surface area contributed by atoms with Gasteiger partial charge in [-0.05, 0) is 60.3 Å². The second-order valence-electron chi connectivity index (χ2n) is 5.39. The summed E-state index contributed by atoms with van der Waals surface area (Å²) in [4.78, 5) is 1.43. The minimum absolute atomic E-state index is 0.0473. The fourth-order valence-corrected chi connectivity index (χ4v) is 4.62. The molecule has 0 aliphatic heterocycles. The van der Waals surface area contributed by atoms with E-state index in [1.807, 2.05) is 18.4 Å². The number of thiophene rings is 1. The molecule has 19 heavy (non-hydrogen) atoms. The average molecular weight is 346 g/mol. The molecule has 0 aromatic carbocycles. The molecule has 108 valence electrons. The lowest BCUT2D eigenvalue weighted by Gasteiger charge is -2.37. The van der Waals surface area contributed by atoms with E-state index in [1.54, 1.807) is 0 Å².